The number of nitrogens with one attached hydrogen (secondary N) is 1. The molecule has 0 radical (unpaired) electrons. The molecule has 24 heteroatoms. The molecule has 8 aromatic heterocycles. The normalized spacial score (nSPS) is 11.4. The van der Waals surface area contributed by atoms with E-state index in [4.69, 9.17) is 15.2 Å². The summed E-state index contributed by atoms with van der Waals surface area (Å²) in [5.74, 6) is 1.10. The van der Waals surface area contributed by atoms with Gasteiger partial charge in [-0.2, -0.15) is 0 Å². The van der Waals surface area contributed by atoms with E-state index in [1.54, 1.807) is 49.6 Å². The number of hydrogen-bond acceptors (Lipinski definition) is 23. The highest BCUT2D eigenvalue weighted by molar-refractivity contribution is 5.80. The molecule has 0 bridgehead atoms. The largest absolute Gasteiger partial charge is 0.507 e. The van der Waals surface area contributed by atoms with Crippen molar-refractivity contribution in [1.29, 1.82) is 0 Å². The number of alkyl carbamates (subject to hydrolysis) is 1. The molecule has 2 aromatic carbocycles. The maximum absolute atomic E-state index is 13.1. The standard InChI is InChI=1S/C45H55N7O4.C40H47N7O2.C13H24O4/c1-45(2,3)56-44(55)50-26-10-4-5-19-42(53)21-20-35-27-36(29-51(31-38-15-6-11-22-46-38)32-39-16-7-12-23-47-39)43(54)37(28-35)30-52(33-40-17-8-13-24-48-40)34-41-18-9-14-25-49-41;41-19-7-1-2-16-39(48)18-17-32-24-33(26-46(28-35-12-3-8-20-42-35)29-36-13-4-9-21-43-36)40(49)34(25-32)27-47(30-37-14-5-10-22-44-37)31-38-15-6-11-23-45-38;1-13(2,3)17-10-12(15)8-6-4-5-7-9-16-11-14/h6-9,11-18,22-25,27-28,54H,4-5,10,19-21,26,29-34H2,1-3H3,(H,50,55);3-6,8-15,20-25,49H,1-2,7,16-19,26-31,41H2;11H,4-10H2,1-3H3. The number of phenols is 2. The minimum absolute atomic E-state index is 0.157. The van der Waals surface area contributed by atoms with E-state index in [9.17, 15) is 34.2 Å². The first-order valence-electron chi connectivity index (χ1n) is 42.8. The summed E-state index contributed by atoms with van der Waals surface area (Å²) in [5, 5.41) is 26.7. The molecular formula is C98H126N14O10. The fourth-order valence-electron chi connectivity index (χ4n) is 13.7. The topological polar surface area (TPSA) is 308 Å². The van der Waals surface area contributed by atoms with Crippen molar-refractivity contribution in [3.63, 3.8) is 0 Å². The average Bonchev–Trinajstić information content (AvgIpc) is 0.817. The number of carbonyl (C=O) groups excluding carboxylic acids is 5. The molecule has 24 nitrogen and oxygen atoms in total. The van der Waals surface area contributed by atoms with Gasteiger partial charge in [-0.05, 0) is 208 Å². The number of benzene rings is 2. The number of nitrogens with zero attached hydrogens (tertiary/aromatic N) is 12. The molecule has 0 aliphatic heterocycles. The number of amides is 1. The van der Waals surface area contributed by atoms with Gasteiger partial charge in [-0.25, -0.2) is 4.79 Å². The fourth-order valence-corrected chi connectivity index (χ4v) is 13.7. The number of ether oxygens (including phenoxy) is 3. The summed E-state index contributed by atoms with van der Waals surface area (Å²) in [6.45, 7) is 20.1. The first-order valence-corrected chi connectivity index (χ1v) is 42.8. The van der Waals surface area contributed by atoms with Gasteiger partial charge in [-0.1, -0.05) is 98.5 Å². The van der Waals surface area contributed by atoms with Crippen LogP contribution in [0.4, 0.5) is 4.79 Å². The minimum Gasteiger partial charge on any atom is -0.507 e. The van der Waals surface area contributed by atoms with Gasteiger partial charge in [0.1, 0.15) is 35.3 Å². The zero-order valence-corrected chi connectivity index (χ0v) is 72.3. The van der Waals surface area contributed by atoms with Crippen molar-refractivity contribution in [2.24, 2.45) is 5.73 Å². The van der Waals surface area contributed by atoms with E-state index in [-0.39, 0.29) is 41.1 Å². The third-order valence-corrected chi connectivity index (χ3v) is 19.7. The van der Waals surface area contributed by atoms with Crippen LogP contribution in [0.5, 0.6) is 11.5 Å². The first-order chi connectivity index (χ1) is 59.1. The van der Waals surface area contributed by atoms with E-state index >= 15 is 0 Å². The Hall–Kier alpha value is -11.3. The molecule has 648 valence electrons. The van der Waals surface area contributed by atoms with Crippen molar-refractivity contribution in [2.45, 2.75) is 240 Å². The number of Topliss-reactive ketones (excluding diaryl/α,β-unsaturated/α-hetero) is 3. The molecule has 0 unspecified atom stereocenters. The Bertz CT molecular complexity index is 4230. The highest BCUT2D eigenvalue weighted by atomic mass is 16.6. The van der Waals surface area contributed by atoms with Gasteiger partial charge in [0.05, 0.1) is 57.8 Å². The predicted molar refractivity (Wildman–Crippen MR) is 475 cm³/mol. The molecule has 0 saturated heterocycles. The summed E-state index contributed by atoms with van der Waals surface area (Å²) in [7, 11) is 0. The van der Waals surface area contributed by atoms with Crippen LogP contribution in [0.15, 0.2) is 219 Å². The molecule has 0 spiro atoms. The quantitative estimate of drug-likeness (QED) is 0.0203. The van der Waals surface area contributed by atoms with Gasteiger partial charge in [-0.3, -0.25) is 78.6 Å². The third-order valence-electron chi connectivity index (χ3n) is 19.7. The summed E-state index contributed by atoms with van der Waals surface area (Å²) < 4.78 is 15.3. The van der Waals surface area contributed by atoms with Crippen LogP contribution in [-0.4, -0.2) is 137 Å². The minimum atomic E-state index is -0.535. The Labute approximate surface area is 721 Å². The Balaban J connectivity index is 0.000000256. The van der Waals surface area contributed by atoms with Gasteiger partial charge in [-0.15, -0.1) is 0 Å². The van der Waals surface area contributed by atoms with Crippen LogP contribution in [0.2, 0.25) is 0 Å². The van der Waals surface area contributed by atoms with E-state index in [2.05, 4.69) is 81.7 Å². The predicted octanol–water partition coefficient (Wildman–Crippen LogP) is 16.9. The van der Waals surface area contributed by atoms with Crippen LogP contribution in [0.1, 0.15) is 217 Å². The van der Waals surface area contributed by atoms with Gasteiger partial charge >= 0.3 is 6.09 Å². The second-order valence-corrected chi connectivity index (χ2v) is 32.7. The maximum atomic E-state index is 13.1. The summed E-state index contributed by atoms with van der Waals surface area (Å²) in [6, 6.07) is 55.4. The molecule has 0 fully saturated rings. The van der Waals surface area contributed by atoms with Crippen molar-refractivity contribution in [1.82, 2.24) is 64.8 Å². The third kappa shape index (κ3) is 40.0. The zero-order valence-electron chi connectivity index (χ0n) is 72.3. The summed E-state index contributed by atoms with van der Waals surface area (Å²) in [6.07, 6.45) is 26.5. The summed E-state index contributed by atoms with van der Waals surface area (Å²) >= 11 is 0. The zero-order chi connectivity index (χ0) is 86.8. The number of phenolic OH excluding ortho intramolecular Hbond substituents is 2. The van der Waals surface area contributed by atoms with Crippen LogP contribution in [0, 0.1) is 0 Å². The number of nitrogens with two attached hydrogens (primary N) is 1. The van der Waals surface area contributed by atoms with E-state index in [0.717, 1.165) is 143 Å². The lowest BCUT2D eigenvalue weighted by atomic mass is 9.97. The van der Waals surface area contributed by atoms with Crippen LogP contribution >= 0.6 is 0 Å². The number of carbonyl (C=O) groups is 5. The highest BCUT2D eigenvalue weighted by Gasteiger charge is 2.24. The van der Waals surface area contributed by atoms with Crippen LogP contribution in [-0.2, 0) is 125 Å². The van der Waals surface area contributed by atoms with Crippen molar-refractivity contribution in [3.05, 3.63) is 298 Å². The Morgan fingerprint density at radius 1 is 0.369 bits per heavy atom. The summed E-state index contributed by atoms with van der Waals surface area (Å²) in [4.78, 5) is 105. The van der Waals surface area contributed by atoms with Gasteiger partial charge in [0.2, 0.25) is 0 Å². The second kappa shape index (κ2) is 54.2. The van der Waals surface area contributed by atoms with Crippen molar-refractivity contribution in [2.75, 3.05) is 26.3 Å². The van der Waals surface area contributed by atoms with Gasteiger partial charge in [0.15, 0.2) is 5.78 Å². The molecule has 1 amide bonds. The summed E-state index contributed by atoms with van der Waals surface area (Å²) in [5.41, 5.74) is 17.5. The van der Waals surface area contributed by atoms with Crippen molar-refractivity contribution >= 4 is 29.9 Å². The molecule has 10 rings (SSSR count). The Kier molecular flexibility index (Phi) is 42.7. The van der Waals surface area contributed by atoms with Crippen molar-refractivity contribution < 1.29 is 48.4 Å². The number of aromatic nitrogens is 8. The second-order valence-electron chi connectivity index (χ2n) is 32.7. The number of hydrogen-bond donors (Lipinski definition) is 4. The number of rotatable bonds is 51. The first kappa shape index (κ1) is 96.2. The van der Waals surface area contributed by atoms with Gasteiger partial charge in [0.25, 0.3) is 6.47 Å². The smallest absolute Gasteiger partial charge is 0.407 e. The van der Waals surface area contributed by atoms with Crippen molar-refractivity contribution in [3.8, 4) is 11.5 Å². The number of ketones is 3. The number of pyridine rings is 8. The molecule has 10 aromatic rings. The van der Waals surface area contributed by atoms with Gasteiger partial charge < -0.3 is 35.5 Å². The van der Waals surface area contributed by atoms with E-state index in [1.165, 1.54) is 0 Å². The Morgan fingerprint density at radius 3 is 0.926 bits per heavy atom. The lowest BCUT2D eigenvalue weighted by molar-refractivity contribution is -0.129. The number of aryl methyl sites for hydroxylation is 2. The van der Waals surface area contributed by atoms with E-state index < -0.39 is 11.7 Å². The molecule has 0 atom stereocenters. The molecule has 0 aliphatic rings. The molecule has 8 heterocycles. The lowest BCUT2D eigenvalue weighted by Gasteiger charge is -2.26. The molecular weight excluding hydrogens is 1530 g/mol. The number of aromatic hydroxyl groups is 2. The maximum Gasteiger partial charge on any atom is 0.407 e. The van der Waals surface area contributed by atoms with Gasteiger partial charge in [0, 0.05) is 189 Å². The van der Waals surface area contributed by atoms with Crippen LogP contribution < -0.4 is 11.1 Å². The molecule has 122 heavy (non-hydrogen) atoms. The fraction of sp³-hybridized carbons (Fsp3) is 0.418. The molecule has 0 saturated carbocycles. The SMILES string of the molecule is CC(C)(C)OC(=O)NCCCCCC(=O)CCc1cc(CN(Cc2ccccn2)Cc2ccccn2)c(O)c(CN(Cc2ccccn2)Cc2ccccn2)c1.CC(C)(C)OCC(=O)CCCCCCOC=O.NCCCCCC(=O)CCc1cc(CN(Cc2ccccn2)Cc2ccccn2)c(O)c(CN(Cc2ccccn2)Cc2ccccn2)c1. The van der Waals surface area contributed by atoms with E-state index in [0.29, 0.717) is 150 Å². The van der Waals surface area contributed by atoms with E-state index in [1.807, 2.05) is 199 Å². The average molecular weight is 1660 g/mol. The number of unbranched alkanes of at least 4 members (excludes halogenated alkanes) is 7. The Morgan fingerprint density at radius 2 is 0.656 bits per heavy atom. The lowest BCUT2D eigenvalue weighted by Crippen LogP contribution is -2.32. The van der Waals surface area contributed by atoms with Crippen LogP contribution in [0.3, 0.4) is 0 Å². The highest BCUT2D eigenvalue weighted by Crippen LogP contribution is 2.33. The molecule has 0 aliphatic carbocycles. The molecule has 5 N–H and O–H groups in total. The monoisotopic (exact) mass is 1660 g/mol. The van der Waals surface area contributed by atoms with Crippen LogP contribution in [0.25, 0.3) is 0 Å².